The summed E-state index contributed by atoms with van der Waals surface area (Å²) in [5, 5.41) is 0. The van der Waals surface area contributed by atoms with Gasteiger partial charge >= 0.3 is 0 Å². The molecule has 0 saturated heterocycles. The smallest absolute Gasteiger partial charge is 0.165 e. The lowest BCUT2D eigenvalue weighted by Gasteiger charge is -2.15. The van der Waals surface area contributed by atoms with Gasteiger partial charge < -0.3 is 10.5 Å². The molecule has 2 N–H and O–H groups in total. The maximum absolute atomic E-state index is 13.3. The van der Waals surface area contributed by atoms with Crippen molar-refractivity contribution in [3.05, 3.63) is 29.6 Å². The molecular weight excluding hydrogens is 181 g/mol. The van der Waals surface area contributed by atoms with Crippen LogP contribution in [0.25, 0.3) is 0 Å². The summed E-state index contributed by atoms with van der Waals surface area (Å²) in [5.74, 6) is -0.0787. The molecule has 0 aromatic heterocycles. The van der Waals surface area contributed by atoms with Gasteiger partial charge in [0, 0.05) is 11.6 Å². The molecule has 0 aliphatic rings. The number of nitrogens with two attached hydrogens (primary N) is 1. The molecular formula is C11H16FNO. The summed E-state index contributed by atoms with van der Waals surface area (Å²) >= 11 is 0. The molecule has 1 atom stereocenters. The van der Waals surface area contributed by atoms with Crippen LogP contribution >= 0.6 is 0 Å². The van der Waals surface area contributed by atoms with Crippen molar-refractivity contribution >= 4 is 0 Å². The number of benzene rings is 1. The van der Waals surface area contributed by atoms with Gasteiger partial charge in [0.2, 0.25) is 0 Å². The monoisotopic (exact) mass is 197 g/mol. The van der Waals surface area contributed by atoms with Crippen LogP contribution in [-0.4, -0.2) is 7.11 Å². The van der Waals surface area contributed by atoms with Crippen molar-refractivity contribution in [3.63, 3.8) is 0 Å². The first-order valence-corrected chi connectivity index (χ1v) is 4.78. The van der Waals surface area contributed by atoms with Gasteiger partial charge in [-0.1, -0.05) is 25.5 Å². The lowest BCUT2D eigenvalue weighted by Crippen LogP contribution is -2.11. The number of hydrogen-bond acceptors (Lipinski definition) is 2. The molecule has 1 rings (SSSR count). The van der Waals surface area contributed by atoms with Crippen molar-refractivity contribution in [2.24, 2.45) is 5.73 Å². The zero-order valence-corrected chi connectivity index (χ0v) is 8.59. The summed E-state index contributed by atoms with van der Waals surface area (Å²) in [7, 11) is 1.46. The molecule has 0 heterocycles. The van der Waals surface area contributed by atoms with Crippen molar-refractivity contribution in [1.29, 1.82) is 0 Å². The van der Waals surface area contributed by atoms with Crippen LogP contribution in [0.2, 0.25) is 0 Å². The number of hydrogen-bond donors (Lipinski definition) is 1. The molecule has 0 unspecified atom stereocenters. The van der Waals surface area contributed by atoms with Crippen LogP contribution in [0.1, 0.15) is 31.4 Å². The SMILES string of the molecule is CCC[C@@H](N)c1cccc(F)c1OC. The molecule has 0 radical (unpaired) electrons. The van der Waals surface area contributed by atoms with E-state index >= 15 is 0 Å². The van der Waals surface area contributed by atoms with E-state index in [0.29, 0.717) is 0 Å². The predicted octanol–water partition coefficient (Wildman–Crippen LogP) is 2.63. The van der Waals surface area contributed by atoms with Crippen molar-refractivity contribution in [3.8, 4) is 5.75 Å². The van der Waals surface area contributed by atoms with E-state index < -0.39 is 0 Å². The van der Waals surface area contributed by atoms with Gasteiger partial charge in [-0.15, -0.1) is 0 Å². The van der Waals surface area contributed by atoms with E-state index in [9.17, 15) is 4.39 Å². The van der Waals surface area contributed by atoms with Crippen molar-refractivity contribution < 1.29 is 9.13 Å². The third kappa shape index (κ3) is 2.23. The van der Waals surface area contributed by atoms with E-state index in [1.807, 2.05) is 13.0 Å². The number of halogens is 1. The Balaban J connectivity index is 3.00. The highest BCUT2D eigenvalue weighted by atomic mass is 19.1. The number of ether oxygens (including phenoxy) is 1. The third-order valence-corrected chi connectivity index (χ3v) is 2.20. The van der Waals surface area contributed by atoms with Gasteiger partial charge in [0.05, 0.1) is 7.11 Å². The van der Waals surface area contributed by atoms with Gasteiger partial charge in [-0.05, 0) is 12.5 Å². The summed E-state index contributed by atoms with van der Waals surface area (Å²) in [6.07, 6.45) is 1.81. The minimum Gasteiger partial charge on any atom is -0.493 e. The van der Waals surface area contributed by atoms with Gasteiger partial charge in [-0.3, -0.25) is 0 Å². The molecule has 0 spiro atoms. The Bertz CT molecular complexity index is 301. The molecule has 0 fully saturated rings. The second kappa shape index (κ2) is 4.96. The topological polar surface area (TPSA) is 35.2 Å². The average molecular weight is 197 g/mol. The van der Waals surface area contributed by atoms with E-state index in [1.54, 1.807) is 6.07 Å². The maximum atomic E-state index is 13.3. The predicted molar refractivity (Wildman–Crippen MR) is 54.8 cm³/mol. The van der Waals surface area contributed by atoms with Crippen LogP contribution in [-0.2, 0) is 0 Å². The van der Waals surface area contributed by atoms with Crippen LogP contribution in [0.5, 0.6) is 5.75 Å². The third-order valence-electron chi connectivity index (χ3n) is 2.20. The lowest BCUT2D eigenvalue weighted by atomic mass is 10.0. The quantitative estimate of drug-likeness (QED) is 0.805. The summed E-state index contributed by atoms with van der Waals surface area (Å²) in [6, 6.07) is 4.69. The first kappa shape index (κ1) is 11.0. The highest BCUT2D eigenvalue weighted by molar-refractivity contribution is 5.37. The van der Waals surface area contributed by atoms with Crippen molar-refractivity contribution in [2.45, 2.75) is 25.8 Å². The molecule has 0 amide bonds. The number of methoxy groups -OCH3 is 1. The average Bonchev–Trinajstić information content (AvgIpc) is 2.17. The Morgan fingerprint density at radius 3 is 2.79 bits per heavy atom. The standard InChI is InChI=1S/C11H16FNO/c1-3-5-10(13)8-6-4-7-9(12)11(8)14-2/h4,6-7,10H,3,5,13H2,1-2H3/t10-/m1/s1. The van der Waals surface area contributed by atoms with E-state index in [1.165, 1.54) is 13.2 Å². The summed E-state index contributed by atoms with van der Waals surface area (Å²) < 4.78 is 18.3. The fourth-order valence-corrected chi connectivity index (χ4v) is 1.50. The Morgan fingerprint density at radius 1 is 1.50 bits per heavy atom. The normalized spacial score (nSPS) is 12.6. The lowest BCUT2D eigenvalue weighted by molar-refractivity contribution is 0.376. The Kier molecular flexibility index (Phi) is 3.89. The summed E-state index contributed by atoms with van der Waals surface area (Å²) in [5.41, 5.74) is 6.65. The molecule has 3 heteroatoms. The fourth-order valence-electron chi connectivity index (χ4n) is 1.50. The van der Waals surface area contributed by atoms with Crippen molar-refractivity contribution in [2.75, 3.05) is 7.11 Å². The van der Waals surface area contributed by atoms with Crippen LogP contribution in [0, 0.1) is 5.82 Å². The second-order valence-corrected chi connectivity index (χ2v) is 3.26. The zero-order valence-electron chi connectivity index (χ0n) is 8.59. The van der Waals surface area contributed by atoms with Crippen molar-refractivity contribution in [1.82, 2.24) is 0 Å². The van der Waals surface area contributed by atoms with Gasteiger partial charge in [0.25, 0.3) is 0 Å². The Morgan fingerprint density at radius 2 is 2.21 bits per heavy atom. The molecule has 0 saturated carbocycles. The highest BCUT2D eigenvalue weighted by Gasteiger charge is 2.14. The van der Waals surface area contributed by atoms with E-state index in [2.05, 4.69) is 0 Å². The fraction of sp³-hybridized carbons (Fsp3) is 0.455. The molecule has 0 bridgehead atoms. The van der Waals surface area contributed by atoms with E-state index in [0.717, 1.165) is 18.4 Å². The highest BCUT2D eigenvalue weighted by Crippen LogP contribution is 2.28. The minimum absolute atomic E-state index is 0.148. The minimum atomic E-state index is -0.350. The van der Waals surface area contributed by atoms with E-state index in [-0.39, 0.29) is 17.6 Å². The Hall–Kier alpha value is -1.09. The van der Waals surface area contributed by atoms with Crippen LogP contribution < -0.4 is 10.5 Å². The van der Waals surface area contributed by atoms with Gasteiger partial charge in [0.1, 0.15) is 0 Å². The molecule has 14 heavy (non-hydrogen) atoms. The molecule has 2 nitrogen and oxygen atoms in total. The summed E-state index contributed by atoms with van der Waals surface area (Å²) in [4.78, 5) is 0. The molecule has 0 aliphatic heterocycles. The molecule has 1 aromatic carbocycles. The largest absolute Gasteiger partial charge is 0.493 e. The van der Waals surface area contributed by atoms with Crippen LogP contribution in [0.4, 0.5) is 4.39 Å². The second-order valence-electron chi connectivity index (χ2n) is 3.26. The number of para-hydroxylation sites is 1. The Labute approximate surface area is 83.9 Å². The first-order valence-electron chi connectivity index (χ1n) is 4.78. The van der Waals surface area contributed by atoms with Crippen LogP contribution in [0.3, 0.4) is 0 Å². The van der Waals surface area contributed by atoms with Gasteiger partial charge in [0.15, 0.2) is 11.6 Å². The summed E-state index contributed by atoms with van der Waals surface area (Å²) in [6.45, 7) is 2.05. The molecule has 78 valence electrons. The molecule has 1 aromatic rings. The molecule has 0 aliphatic carbocycles. The van der Waals surface area contributed by atoms with Crippen LogP contribution in [0.15, 0.2) is 18.2 Å². The van der Waals surface area contributed by atoms with E-state index in [4.69, 9.17) is 10.5 Å². The van der Waals surface area contributed by atoms with Gasteiger partial charge in [-0.25, -0.2) is 4.39 Å². The van der Waals surface area contributed by atoms with Gasteiger partial charge in [-0.2, -0.15) is 0 Å². The maximum Gasteiger partial charge on any atom is 0.165 e. The zero-order chi connectivity index (χ0) is 10.6. The first-order chi connectivity index (χ1) is 6.70. The number of rotatable bonds is 4.